The molecule has 2 saturated heterocycles. The van der Waals surface area contributed by atoms with E-state index in [0.717, 1.165) is 37.6 Å². The van der Waals surface area contributed by atoms with Crippen LogP contribution in [0.2, 0.25) is 0 Å². The van der Waals surface area contributed by atoms with Crippen molar-refractivity contribution in [1.82, 2.24) is 15.0 Å². The maximum absolute atomic E-state index is 12.7. The fraction of sp³-hybridized carbons (Fsp3) is 0.500. The molecule has 0 spiro atoms. The van der Waals surface area contributed by atoms with E-state index in [1.54, 1.807) is 6.20 Å². The Labute approximate surface area is 160 Å². The summed E-state index contributed by atoms with van der Waals surface area (Å²) in [7, 11) is 0. The lowest BCUT2D eigenvalue weighted by molar-refractivity contribution is -0.137. The van der Waals surface area contributed by atoms with Gasteiger partial charge in [0.05, 0.1) is 18.8 Å². The highest BCUT2D eigenvalue weighted by molar-refractivity contribution is 5.45. The van der Waals surface area contributed by atoms with E-state index >= 15 is 0 Å². The molecule has 2 aromatic rings. The SMILES string of the molecule is FC(F)(F)c1ccc(N2CCC(Nc3nccc(N4CCOCC4)n3)C2)nc1. The van der Waals surface area contributed by atoms with Crippen LogP contribution in [0.5, 0.6) is 0 Å². The largest absolute Gasteiger partial charge is 0.417 e. The quantitative estimate of drug-likeness (QED) is 0.854. The van der Waals surface area contributed by atoms with E-state index in [1.807, 2.05) is 11.0 Å². The van der Waals surface area contributed by atoms with Gasteiger partial charge in [0.1, 0.15) is 11.6 Å². The van der Waals surface area contributed by atoms with Crippen molar-refractivity contribution >= 4 is 17.6 Å². The van der Waals surface area contributed by atoms with Gasteiger partial charge in [-0.2, -0.15) is 18.2 Å². The standard InChI is InChI=1S/C18H21F3N6O/c19-18(20,21)13-1-2-15(23-11-13)27-6-4-14(12-27)24-17-22-5-3-16(25-17)26-7-9-28-10-8-26/h1-3,5,11,14H,4,6-10,12H2,(H,22,24,25). The predicted octanol–water partition coefficient (Wildman–Crippen LogP) is 2.42. The third-order valence-electron chi connectivity index (χ3n) is 4.90. The van der Waals surface area contributed by atoms with Crippen molar-refractivity contribution in [2.24, 2.45) is 0 Å². The van der Waals surface area contributed by atoms with Gasteiger partial charge < -0.3 is 19.9 Å². The van der Waals surface area contributed by atoms with E-state index in [9.17, 15) is 13.2 Å². The number of pyridine rings is 1. The lowest BCUT2D eigenvalue weighted by Gasteiger charge is -2.28. The average Bonchev–Trinajstić information content (AvgIpc) is 3.17. The van der Waals surface area contributed by atoms with Crippen molar-refractivity contribution in [2.45, 2.75) is 18.6 Å². The van der Waals surface area contributed by atoms with E-state index in [-0.39, 0.29) is 6.04 Å². The normalized spacial score (nSPS) is 20.5. The summed E-state index contributed by atoms with van der Waals surface area (Å²) >= 11 is 0. The molecule has 0 amide bonds. The van der Waals surface area contributed by atoms with E-state index < -0.39 is 11.7 Å². The minimum atomic E-state index is -4.37. The van der Waals surface area contributed by atoms with Gasteiger partial charge in [0.25, 0.3) is 0 Å². The third kappa shape index (κ3) is 4.27. The van der Waals surface area contributed by atoms with Crippen molar-refractivity contribution < 1.29 is 17.9 Å². The fourth-order valence-electron chi connectivity index (χ4n) is 3.40. The zero-order valence-electron chi connectivity index (χ0n) is 15.2. The first-order valence-corrected chi connectivity index (χ1v) is 9.19. The van der Waals surface area contributed by atoms with E-state index in [0.29, 0.717) is 38.1 Å². The maximum Gasteiger partial charge on any atom is 0.417 e. The Morgan fingerprint density at radius 1 is 1.00 bits per heavy atom. The number of rotatable bonds is 4. The zero-order chi connectivity index (χ0) is 19.6. The molecule has 0 aliphatic carbocycles. The summed E-state index contributed by atoms with van der Waals surface area (Å²) in [6, 6.07) is 4.46. The smallest absolute Gasteiger partial charge is 0.378 e. The molecule has 0 radical (unpaired) electrons. The molecular formula is C18H21F3N6O. The molecule has 0 bridgehead atoms. The Bertz CT molecular complexity index is 795. The second kappa shape index (κ2) is 7.78. The van der Waals surface area contributed by atoms with E-state index in [4.69, 9.17) is 4.74 Å². The molecule has 1 unspecified atom stereocenters. The molecule has 4 rings (SSSR count). The first-order chi connectivity index (χ1) is 13.5. The van der Waals surface area contributed by atoms with Crippen molar-refractivity contribution in [3.05, 3.63) is 36.2 Å². The van der Waals surface area contributed by atoms with Crippen molar-refractivity contribution in [3.63, 3.8) is 0 Å². The Kier molecular flexibility index (Phi) is 5.21. The summed E-state index contributed by atoms with van der Waals surface area (Å²) in [5.74, 6) is 1.96. The highest BCUT2D eigenvalue weighted by Gasteiger charge is 2.31. The average molecular weight is 394 g/mol. The van der Waals surface area contributed by atoms with Crippen LogP contribution < -0.4 is 15.1 Å². The molecule has 2 fully saturated rings. The molecule has 0 aromatic carbocycles. The highest BCUT2D eigenvalue weighted by Crippen LogP contribution is 2.30. The molecule has 1 atom stereocenters. The Morgan fingerprint density at radius 3 is 2.54 bits per heavy atom. The number of anilines is 3. The number of aromatic nitrogens is 3. The van der Waals surface area contributed by atoms with Crippen LogP contribution in [0.25, 0.3) is 0 Å². The number of hydrogen-bond donors (Lipinski definition) is 1. The van der Waals surface area contributed by atoms with Crippen molar-refractivity contribution in [1.29, 1.82) is 0 Å². The van der Waals surface area contributed by atoms with E-state index in [1.165, 1.54) is 6.07 Å². The summed E-state index contributed by atoms with van der Waals surface area (Å²) in [6.07, 6.45) is -0.938. The first kappa shape index (κ1) is 18.7. The molecule has 1 N–H and O–H groups in total. The monoisotopic (exact) mass is 394 g/mol. The van der Waals surface area contributed by atoms with Gasteiger partial charge in [-0.25, -0.2) is 9.97 Å². The lowest BCUT2D eigenvalue weighted by atomic mass is 10.2. The highest BCUT2D eigenvalue weighted by atomic mass is 19.4. The number of nitrogens with zero attached hydrogens (tertiary/aromatic N) is 5. The Hall–Kier alpha value is -2.62. The first-order valence-electron chi connectivity index (χ1n) is 9.19. The molecular weight excluding hydrogens is 373 g/mol. The number of nitrogens with one attached hydrogen (secondary N) is 1. The lowest BCUT2D eigenvalue weighted by Crippen LogP contribution is -2.37. The Balaban J connectivity index is 1.37. The van der Waals surface area contributed by atoms with Crippen LogP contribution in [0.15, 0.2) is 30.6 Å². The van der Waals surface area contributed by atoms with Crippen molar-refractivity contribution in [2.75, 3.05) is 54.5 Å². The van der Waals surface area contributed by atoms with Crippen LogP contribution >= 0.6 is 0 Å². The molecule has 2 aromatic heterocycles. The van der Waals surface area contributed by atoms with Gasteiger partial charge in [0.2, 0.25) is 5.95 Å². The van der Waals surface area contributed by atoms with Crippen LogP contribution in [-0.2, 0) is 10.9 Å². The number of halogens is 3. The van der Waals surface area contributed by atoms with Gasteiger partial charge in [-0.1, -0.05) is 0 Å². The molecule has 150 valence electrons. The van der Waals surface area contributed by atoms with Gasteiger partial charge in [0.15, 0.2) is 0 Å². The predicted molar refractivity (Wildman–Crippen MR) is 98.5 cm³/mol. The number of ether oxygens (including phenoxy) is 1. The molecule has 0 saturated carbocycles. The number of morpholine rings is 1. The second-order valence-electron chi connectivity index (χ2n) is 6.82. The summed E-state index contributed by atoms with van der Waals surface area (Å²) in [5.41, 5.74) is -0.738. The molecule has 7 nitrogen and oxygen atoms in total. The fourth-order valence-corrected chi connectivity index (χ4v) is 3.40. The van der Waals surface area contributed by atoms with Crippen LogP contribution in [0, 0.1) is 0 Å². The Morgan fingerprint density at radius 2 is 1.82 bits per heavy atom. The van der Waals surface area contributed by atoms with Crippen LogP contribution in [0.4, 0.5) is 30.8 Å². The van der Waals surface area contributed by atoms with Gasteiger partial charge in [-0.05, 0) is 24.6 Å². The molecule has 2 aliphatic heterocycles. The maximum atomic E-state index is 12.7. The minimum absolute atomic E-state index is 0.101. The van der Waals surface area contributed by atoms with E-state index in [2.05, 4.69) is 25.2 Å². The van der Waals surface area contributed by atoms with Gasteiger partial charge in [-0.15, -0.1) is 0 Å². The third-order valence-corrected chi connectivity index (χ3v) is 4.90. The van der Waals surface area contributed by atoms with Gasteiger partial charge >= 0.3 is 6.18 Å². The van der Waals surface area contributed by atoms with Crippen LogP contribution in [0.1, 0.15) is 12.0 Å². The van der Waals surface area contributed by atoms with Crippen molar-refractivity contribution in [3.8, 4) is 0 Å². The second-order valence-corrected chi connectivity index (χ2v) is 6.82. The minimum Gasteiger partial charge on any atom is -0.378 e. The zero-order valence-corrected chi connectivity index (χ0v) is 15.2. The summed E-state index contributed by atoms with van der Waals surface area (Å²) in [6.45, 7) is 4.30. The number of hydrogen-bond acceptors (Lipinski definition) is 7. The summed E-state index contributed by atoms with van der Waals surface area (Å²) < 4.78 is 43.4. The molecule has 10 heteroatoms. The molecule has 2 aliphatic rings. The van der Waals surface area contributed by atoms with Crippen LogP contribution in [-0.4, -0.2) is 60.4 Å². The molecule has 4 heterocycles. The summed E-state index contributed by atoms with van der Waals surface area (Å²) in [4.78, 5) is 17.0. The summed E-state index contributed by atoms with van der Waals surface area (Å²) in [5, 5.41) is 3.33. The van der Waals surface area contributed by atoms with Gasteiger partial charge in [0, 0.05) is 44.6 Å². The van der Waals surface area contributed by atoms with Gasteiger partial charge in [-0.3, -0.25) is 0 Å². The topological polar surface area (TPSA) is 66.4 Å². The number of alkyl halides is 3. The van der Waals surface area contributed by atoms with Crippen LogP contribution in [0.3, 0.4) is 0 Å². The molecule has 28 heavy (non-hydrogen) atoms.